The van der Waals surface area contributed by atoms with Crippen molar-refractivity contribution in [1.82, 2.24) is 9.88 Å². The number of nitrogens with one attached hydrogen (secondary N) is 1. The quantitative estimate of drug-likeness (QED) is 0.858. The van der Waals surface area contributed by atoms with Crippen molar-refractivity contribution in [3.63, 3.8) is 0 Å². The van der Waals surface area contributed by atoms with Crippen LogP contribution in [0.15, 0.2) is 24.4 Å². The Balaban J connectivity index is 2.12. The number of rotatable bonds is 3. The monoisotopic (exact) mass is 258 g/mol. The maximum Gasteiger partial charge on any atom is 0.181 e. The molecule has 1 aromatic carbocycles. The van der Waals surface area contributed by atoms with Gasteiger partial charge in [-0.25, -0.2) is 0 Å². The van der Waals surface area contributed by atoms with Crippen molar-refractivity contribution in [3.8, 4) is 5.75 Å². The van der Waals surface area contributed by atoms with Crippen LogP contribution in [0.25, 0.3) is 10.9 Å². The van der Waals surface area contributed by atoms with Crippen LogP contribution in [0.5, 0.6) is 5.75 Å². The van der Waals surface area contributed by atoms with Crippen LogP contribution in [0, 0.1) is 0 Å². The zero-order valence-electron chi connectivity index (χ0n) is 11.3. The predicted octanol–water partition coefficient (Wildman–Crippen LogP) is 2.12. The van der Waals surface area contributed by atoms with E-state index in [-0.39, 0.29) is 11.8 Å². The van der Waals surface area contributed by atoms with E-state index < -0.39 is 0 Å². The zero-order chi connectivity index (χ0) is 13.4. The van der Waals surface area contributed by atoms with Crippen LogP contribution in [-0.2, 0) is 7.05 Å². The molecule has 3 rings (SSSR count). The standard InChI is InChI=1S/C15H18N2O2/c1-17-9-11(15(18)12-6-4-8-16-12)10-5-3-7-13(19-2)14(10)17/h3,5,7,9,12,16H,4,6,8H2,1-2H3. The van der Waals surface area contributed by atoms with Crippen molar-refractivity contribution in [3.05, 3.63) is 30.0 Å². The molecule has 0 aliphatic carbocycles. The summed E-state index contributed by atoms with van der Waals surface area (Å²) in [5, 5.41) is 4.24. The Morgan fingerprint density at radius 3 is 3.00 bits per heavy atom. The third-order valence-corrected chi connectivity index (χ3v) is 3.83. The molecular weight excluding hydrogens is 240 g/mol. The summed E-state index contributed by atoms with van der Waals surface area (Å²) in [6.45, 7) is 0.935. The van der Waals surface area contributed by atoms with Crippen molar-refractivity contribution in [2.45, 2.75) is 18.9 Å². The normalized spacial score (nSPS) is 18.9. The van der Waals surface area contributed by atoms with E-state index in [1.54, 1.807) is 7.11 Å². The molecule has 0 amide bonds. The van der Waals surface area contributed by atoms with E-state index in [9.17, 15) is 4.79 Å². The minimum absolute atomic E-state index is 0.0307. The maximum atomic E-state index is 12.6. The molecule has 1 unspecified atom stereocenters. The SMILES string of the molecule is COc1cccc2c(C(=O)C3CCCN3)cn(C)c12. The van der Waals surface area contributed by atoms with Gasteiger partial charge in [0.1, 0.15) is 5.75 Å². The minimum Gasteiger partial charge on any atom is -0.495 e. The molecule has 0 radical (unpaired) electrons. The lowest BCUT2D eigenvalue weighted by atomic mass is 10.0. The Hall–Kier alpha value is -1.81. The molecule has 0 saturated carbocycles. The Morgan fingerprint density at radius 1 is 1.47 bits per heavy atom. The lowest BCUT2D eigenvalue weighted by Gasteiger charge is -2.08. The molecule has 19 heavy (non-hydrogen) atoms. The predicted molar refractivity (Wildman–Crippen MR) is 74.8 cm³/mol. The van der Waals surface area contributed by atoms with Crippen LogP contribution >= 0.6 is 0 Å². The van der Waals surface area contributed by atoms with Crippen molar-refractivity contribution in [1.29, 1.82) is 0 Å². The Labute approximate surface area is 112 Å². The second kappa shape index (κ2) is 4.70. The van der Waals surface area contributed by atoms with Gasteiger partial charge in [0.15, 0.2) is 5.78 Å². The van der Waals surface area contributed by atoms with E-state index in [1.807, 2.05) is 36.0 Å². The van der Waals surface area contributed by atoms with Gasteiger partial charge in [-0.2, -0.15) is 0 Å². The highest BCUT2D eigenvalue weighted by Crippen LogP contribution is 2.30. The van der Waals surface area contributed by atoms with Crippen molar-refractivity contribution >= 4 is 16.7 Å². The molecule has 1 fully saturated rings. The molecule has 0 bridgehead atoms. The molecule has 2 aromatic rings. The number of Topliss-reactive ketones (excluding diaryl/α,β-unsaturated/α-hetero) is 1. The van der Waals surface area contributed by atoms with Gasteiger partial charge >= 0.3 is 0 Å². The molecular formula is C15H18N2O2. The van der Waals surface area contributed by atoms with Crippen molar-refractivity contribution in [2.75, 3.05) is 13.7 Å². The number of hydrogen-bond acceptors (Lipinski definition) is 3. The molecule has 1 N–H and O–H groups in total. The van der Waals surface area contributed by atoms with Gasteiger partial charge in [0.2, 0.25) is 0 Å². The molecule has 4 nitrogen and oxygen atoms in total. The van der Waals surface area contributed by atoms with Gasteiger partial charge in [0.05, 0.1) is 18.7 Å². The summed E-state index contributed by atoms with van der Waals surface area (Å²) in [5.74, 6) is 0.995. The molecule has 2 heterocycles. The maximum absolute atomic E-state index is 12.6. The van der Waals surface area contributed by atoms with E-state index in [2.05, 4.69) is 5.32 Å². The molecule has 1 aliphatic heterocycles. The number of carbonyl (C=O) groups is 1. The van der Waals surface area contributed by atoms with E-state index in [1.165, 1.54) is 0 Å². The average Bonchev–Trinajstić information content (AvgIpc) is 3.06. The number of benzene rings is 1. The lowest BCUT2D eigenvalue weighted by Crippen LogP contribution is -2.30. The van der Waals surface area contributed by atoms with Gasteiger partial charge in [-0.05, 0) is 25.5 Å². The van der Waals surface area contributed by atoms with E-state index in [0.29, 0.717) is 0 Å². The van der Waals surface area contributed by atoms with E-state index in [4.69, 9.17) is 4.74 Å². The third kappa shape index (κ3) is 1.92. The van der Waals surface area contributed by atoms with Crippen LogP contribution in [-0.4, -0.2) is 30.0 Å². The first kappa shape index (κ1) is 12.2. The lowest BCUT2D eigenvalue weighted by molar-refractivity contribution is 0.0954. The highest BCUT2D eigenvalue weighted by Gasteiger charge is 2.26. The molecule has 4 heteroatoms. The van der Waals surface area contributed by atoms with Crippen LogP contribution < -0.4 is 10.1 Å². The Morgan fingerprint density at radius 2 is 2.32 bits per heavy atom. The number of carbonyl (C=O) groups excluding carboxylic acids is 1. The van der Waals surface area contributed by atoms with Crippen LogP contribution in [0.2, 0.25) is 0 Å². The van der Waals surface area contributed by atoms with Crippen LogP contribution in [0.4, 0.5) is 0 Å². The number of fused-ring (bicyclic) bond motifs is 1. The zero-order valence-corrected chi connectivity index (χ0v) is 11.3. The fourth-order valence-corrected chi connectivity index (χ4v) is 2.89. The first-order chi connectivity index (χ1) is 9.22. The first-order valence-electron chi connectivity index (χ1n) is 6.62. The number of para-hydroxylation sites is 1. The molecule has 1 aromatic heterocycles. The summed E-state index contributed by atoms with van der Waals surface area (Å²) < 4.78 is 7.35. The summed E-state index contributed by atoms with van der Waals surface area (Å²) in [6, 6.07) is 5.81. The fourth-order valence-electron chi connectivity index (χ4n) is 2.89. The fraction of sp³-hybridized carbons (Fsp3) is 0.400. The number of ether oxygens (including phenoxy) is 1. The molecule has 1 saturated heterocycles. The minimum atomic E-state index is -0.0307. The van der Waals surface area contributed by atoms with Crippen molar-refractivity contribution < 1.29 is 9.53 Å². The largest absolute Gasteiger partial charge is 0.495 e. The van der Waals surface area contributed by atoms with Crippen LogP contribution in [0.3, 0.4) is 0 Å². The van der Waals surface area contributed by atoms with Gasteiger partial charge < -0.3 is 14.6 Å². The van der Waals surface area contributed by atoms with Crippen molar-refractivity contribution in [2.24, 2.45) is 7.05 Å². The summed E-state index contributed by atoms with van der Waals surface area (Å²) in [6.07, 6.45) is 3.92. The Bertz CT molecular complexity index is 624. The van der Waals surface area contributed by atoms with Crippen LogP contribution in [0.1, 0.15) is 23.2 Å². The molecule has 1 aliphatic rings. The van der Waals surface area contributed by atoms with Gasteiger partial charge in [0, 0.05) is 24.2 Å². The van der Waals surface area contributed by atoms with Gasteiger partial charge in [0.25, 0.3) is 0 Å². The highest BCUT2D eigenvalue weighted by atomic mass is 16.5. The Kier molecular flexibility index (Phi) is 3.03. The van der Waals surface area contributed by atoms with Gasteiger partial charge in [-0.1, -0.05) is 12.1 Å². The molecule has 100 valence electrons. The molecule has 0 spiro atoms. The number of aryl methyl sites for hydroxylation is 1. The average molecular weight is 258 g/mol. The third-order valence-electron chi connectivity index (χ3n) is 3.83. The number of hydrogen-bond donors (Lipinski definition) is 1. The van der Waals surface area contributed by atoms with Gasteiger partial charge in [-0.3, -0.25) is 4.79 Å². The van der Waals surface area contributed by atoms with E-state index >= 15 is 0 Å². The topological polar surface area (TPSA) is 43.3 Å². The summed E-state index contributed by atoms with van der Waals surface area (Å²) in [7, 11) is 3.60. The first-order valence-corrected chi connectivity index (χ1v) is 6.62. The summed E-state index contributed by atoms with van der Waals surface area (Å²) in [5.41, 5.74) is 1.77. The summed E-state index contributed by atoms with van der Waals surface area (Å²) in [4.78, 5) is 12.6. The molecule has 1 atom stereocenters. The van der Waals surface area contributed by atoms with E-state index in [0.717, 1.165) is 41.6 Å². The number of ketones is 1. The second-order valence-corrected chi connectivity index (χ2v) is 5.02. The second-order valence-electron chi connectivity index (χ2n) is 5.02. The number of methoxy groups -OCH3 is 1. The van der Waals surface area contributed by atoms with Gasteiger partial charge in [-0.15, -0.1) is 0 Å². The smallest absolute Gasteiger partial charge is 0.181 e. The number of nitrogens with zero attached hydrogens (tertiary/aromatic N) is 1. The summed E-state index contributed by atoms with van der Waals surface area (Å²) >= 11 is 0. The highest BCUT2D eigenvalue weighted by molar-refractivity contribution is 6.11. The number of aromatic nitrogens is 1.